The molecule has 18 heteroatoms. The highest BCUT2D eigenvalue weighted by Gasteiger charge is 2.42. The molecule has 4 N–H and O–H groups in total. The van der Waals surface area contributed by atoms with Crippen molar-refractivity contribution in [2.24, 2.45) is 0 Å². The van der Waals surface area contributed by atoms with Crippen LogP contribution in [0.5, 0.6) is 5.75 Å². The number of pyridine rings is 1. The first-order valence-electron chi connectivity index (χ1n) is 23.1. The number of piperidine rings is 2. The van der Waals surface area contributed by atoms with Gasteiger partial charge in [-0.05, 0) is 115 Å². The first kappa shape index (κ1) is 47.0. The lowest BCUT2D eigenvalue weighted by Crippen LogP contribution is -2.53. The van der Waals surface area contributed by atoms with Crippen molar-refractivity contribution in [2.45, 2.75) is 75.9 Å². The van der Waals surface area contributed by atoms with Crippen molar-refractivity contribution in [3.63, 3.8) is 0 Å². The lowest BCUT2D eigenvalue weighted by Gasteiger charge is -2.43. The Balaban J connectivity index is 0.811. The minimum atomic E-state index is -2.83. The number of carbonyl (C=O) groups is 2. The molecule has 2 amide bonds. The molecule has 5 aromatic rings. The van der Waals surface area contributed by atoms with E-state index in [0.29, 0.717) is 63.1 Å². The van der Waals surface area contributed by atoms with Gasteiger partial charge in [0.1, 0.15) is 30.3 Å². The highest BCUT2D eigenvalue weighted by Crippen LogP contribution is 2.47. The van der Waals surface area contributed by atoms with Crippen molar-refractivity contribution in [3.8, 4) is 5.75 Å². The van der Waals surface area contributed by atoms with Gasteiger partial charge in [-0.3, -0.25) is 24.8 Å². The lowest BCUT2D eigenvalue weighted by atomic mass is 9.89. The van der Waals surface area contributed by atoms with E-state index in [2.05, 4.69) is 70.6 Å². The zero-order chi connectivity index (χ0) is 47.2. The second kappa shape index (κ2) is 19.1. The van der Waals surface area contributed by atoms with E-state index >= 15 is 8.78 Å². The number of hydrogen-bond donors (Lipinski definition) is 4. The van der Waals surface area contributed by atoms with Crippen LogP contribution < -0.4 is 30.9 Å². The smallest absolute Gasteiger partial charge is 0.234 e. The maximum atomic E-state index is 15.1. The molecule has 4 fully saturated rings. The maximum absolute atomic E-state index is 15.1. The first-order valence-corrected chi connectivity index (χ1v) is 26.5. The van der Waals surface area contributed by atoms with Crippen molar-refractivity contribution < 1.29 is 32.8 Å². The van der Waals surface area contributed by atoms with E-state index in [-0.39, 0.29) is 18.4 Å². The van der Waals surface area contributed by atoms with Crippen molar-refractivity contribution in [1.29, 1.82) is 0 Å². The summed E-state index contributed by atoms with van der Waals surface area (Å²) in [6.07, 6.45) is 8.29. The molecule has 3 aliphatic heterocycles. The van der Waals surface area contributed by atoms with E-state index in [0.717, 1.165) is 93.7 Å². The molecular weight excluding hydrogens is 943 g/mol. The standard InChI is InChI=1S/C49H57BrF2N9O5P/c1-5-30-24-39(56-48-54-27-35(50)46(58-48)55-40-28-53-38-25-31(49(64)13-14-49)6-7-33(38)45(40)67(3,4)65)42(66-2)26-41(30)61-16-11-32(12-17-61)60-20-18-59(19-21-60)15-10-29-22-36(51)44(37(52)23-29)34-8-9-43(62)57-47(34)63/h6-7,22-28,32,34,64H,5,8-21H2,1-4H3,(H,57,62,63)(H2,54,55,56,58). The van der Waals surface area contributed by atoms with E-state index in [9.17, 15) is 19.3 Å². The van der Waals surface area contributed by atoms with Crippen LogP contribution in [-0.4, -0.2) is 114 Å². The molecule has 0 bridgehead atoms. The van der Waals surface area contributed by atoms with Crippen molar-refractivity contribution in [1.82, 2.24) is 30.1 Å². The minimum Gasteiger partial charge on any atom is -0.494 e. The number of fused-ring (bicyclic) bond motifs is 1. The van der Waals surface area contributed by atoms with Crippen LogP contribution in [0.1, 0.15) is 73.6 Å². The summed E-state index contributed by atoms with van der Waals surface area (Å²) in [5.74, 6) is -2.06. The molecule has 1 atom stereocenters. The Morgan fingerprint density at radius 2 is 1.67 bits per heavy atom. The first-order chi connectivity index (χ1) is 32.1. The van der Waals surface area contributed by atoms with Crippen LogP contribution in [0, 0.1) is 11.6 Å². The molecule has 0 radical (unpaired) electrons. The van der Waals surface area contributed by atoms with E-state index in [1.165, 1.54) is 17.7 Å². The summed E-state index contributed by atoms with van der Waals surface area (Å²) in [6, 6.07) is 13.0. The number of aryl methyl sites for hydroxylation is 1. The summed E-state index contributed by atoms with van der Waals surface area (Å²) in [5.41, 5.74) is 4.62. The summed E-state index contributed by atoms with van der Waals surface area (Å²) in [4.78, 5) is 45.3. The van der Waals surface area contributed by atoms with Crippen molar-refractivity contribution in [2.75, 3.05) is 81.8 Å². The fourth-order valence-electron chi connectivity index (χ4n) is 9.96. The quantitative estimate of drug-likeness (QED) is 0.0633. The zero-order valence-corrected chi connectivity index (χ0v) is 40.8. The van der Waals surface area contributed by atoms with Crippen LogP contribution >= 0.6 is 23.1 Å². The number of hydrogen-bond acceptors (Lipinski definition) is 13. The van der Waals surface area contributed by atoms with Crippen molar-refractivity contribution >= 4 is 79.9 Å². The van der Waals surface area contributed by atoms with Gasteiger partial charge in [0.05, 0.1) is 46.2 Å². The maximum Gasteiger partial charge on any atom is 0.234 e. The van der Waals surface area contributed by atoms with E-state index in [1.54, 1.807) is 32.8 Å². The van der Waals surface area contributed by atoms with Crippen LogP contribution in [0.3, 0.4) is 0 Å². The summed E-state index contributed by atoms with van der Waals surface area (Å²) < 4.78 is 50.6. The Hall–Kier alpha value is -5.06. The molecule has 2 aromatic heterocycles. The summed E-state index contributed by atoms with van der Waals surface area (Å²) >= 11 is 3.60. The van der Waals surface area contributed by atoms with Gasteiger partial charge < -0.3 is 34.8 Å². The highest BCUT2D eigenvalue weighted by molar-refractivity contribution is 9.10. The van der Waals surface area contributed by atoms with Gasteiger partial charge in [0.15, 0.2) is 0 Å². The van der Waals surface area contributed by atoms with Crippen LogP contribution in [0.25, 0.3) is 10.9 Å². The molecule has 1 aliphatic carbocycles. The molecular formula is C49H57BrF2N9O5P. The van der Waals surface area contributed by atoms with Gasteiger partial charge >= 0.3 is 0 Å². The number of aliphatic hydroxyl groups is 1. The third-order valence-electron chi connectivity index (χ3n) is 13.8. The van der Waals surface area contributed by atoms with Gasteiger partial charge in [-0.1, -0.05) is 19.1 Å². The van der Waals surface area contributed by atoms with Gasteiger partial charge in [-0.25, -0.2) is 13.8 Å². The van der Waals surface area contributed by atoms with E-state index in [4.69, 9.17) is 14.7 Å². The number of rotatable bonds is 14. The second-order valence-corrected chi connectivity index (χ2v) is 22.6. The number of ether oxygens (including phenoxy) is 1. The topological polar surface area (TPSA) is 165 Å². The number of methoxy groups -OCH3 is 1. The molecule has 1 saturated carbocycles. The molecule has 3 saturated heterocycles. The van der Waals surface area contributed by atoms with Crippen LogP contribution in [0.2, 0.25) is 0 Å². The number of benzene rings is 3. The third kappa shape index (κ3) is 10.1. The lowest BCUT2D eigenvalue weighted by molar-refractivity contribution is -0.134. The van der Waals surface area contributed by atoms with Gasteiger partial charge in [-0.2, -0.15) is 4.98 Å². The highest BCUT2D eigenvalue weighted by atomic mass is 79.9. The molecule has 9 rings (SSSR count). The Kier molecular flexibility index (Phi) is 13.4. The van der Waals surface area contributed by atoms with Gasteiger partial charge in [0.2, 0.25) is 17.8 Å². The van der Waals surface area contributed by atoms with Gasteiger partial charge in [-0.15, -0.1) is 0 Å². The number of aromatic nitrogens is 3. The Morgan fingerprint density at radius 3 is 2.33 bits per heavy atom. The number of imide groups is 1. The summed E-state index contributed by atoms with van der Waals surface area (Å²) in [7, 11) is -1.17. The Morgan fingerprint density at radius 1 is 0.940 bits per heavy atom. The third-order valence-corrected chi connectivity index (χ3v) is 16.0. The van der Waals surface area contributed by atoms with Crippen LogP contribution in [-0.2, 0) is 32.6 Å². The second-order valence-electron chi connectivity index (χ2n) is 18.6. The summed E-state index contributed by atoms with van der Waals surface area (Å²) in [5, 5.41) is 21.1. The average molecular weight is 1000 g/mol. The summed E-state index contributed by atoms with van der Waals surface area (Å²) in [6.45, 7) is 11.7. The normalized spacial score (nSPS) is 19.4. The molecule has 5 heterocycles. The van der Waals surface area contributed by atoms with Crippen molar-refractivity contribution in [3.05, 3.63) is 93.2 Å². The number of nitrogens with zero attached hydrogens (tertiary/aromatic N) is 6. The molecule has 67 heavy (non-hydrogen) atoms. The largest absolute Gasteiger partial charge is 0.494 e. The molecule has 0 spiro atoms. The number of anilines is 5. The number of carbonyl (C=O) groups excluding carboxylic acids is 2. The number of piperazine rings is 1. The number of amides is 2. The number of nitrogens with one attached hydrogen (secondary N) is 3. The van der Waals surface area contributed by atoms with E-state index < -0.39 is 42.1 Å². The van der Waals surface area contributed by atoms with Gasteiger partial charge in [0.25, 0.3) is 0 Å². The predicted octanol–water partition coefficient (Wildman–Crippen LogP) is 7.70. The zero-order valence-electron chi connectivity index (χ0n) is 38.3. The van der Waals surface area contributed by atoms with Crippen LogP contribution in [0.15, 0.2) is 59.3 Å². The van der Waals surface area contributed by atoms with Crippen LogP contribution in [0.4, 0.5) is 37.6 Å². The Labute approximate surface area is 397 Å². The fraction of sp³-hybridized carbons (Fsp3) is 0.449. The molecule has 4 aliphatic rings. The SMILES string of the molecule is CCc1cc(Nc2ncc(Br)c(Nc3cnc4cc(C5(O)CC5)ccc4c3P(C)(C)=O)n2)c(OC)cc1N1CCC(N2CCN(CCc3cc(F)c(C4CCC(=O)NC4=O)c(F)c3)CC2)CC1. The van der Waals surface area contributed by atoms with E-state index in [1.807, 2.05) is 18.2 Å². The Bertz CT molecular complexity index is 2750. The monoisotopic (exact) mass is 999 g/mol. The van der Waals surface area contributed by atoms with Gasteiger partial charge in [0, 0.05) is 92.5 Å². The molecule has 1 unspecified atom stereocenters. The predicted molar refractivity (Wildman–Crippen MR) is 261 cm³/mol. The average Bonchev–Trinajstić information content (AvgIpc) is 4.07. The number of halogens is 3. The fourth-order valence-corrected chi connectivity index (χ4v) is 11.7. The minimum absolute atomic E-state index is 0.0611. The molecule has 354 valence electrons. The molecule has 14 nitrogen and oxygen atoms in total. The molecule has 3 aromatic carbocycles.